The molecule has 10 heteroatoms. The van der Waals surface area contributed by atoms with Crippen molar-refractivity contribution in [1.82, 2.24) is 29.7 Å². The Balaban J connectivity index is 0.969. The molecule has 3 saturated carbocycles. The van der Waals surface area contributed by atoms with Gasteiger partial charge in [-0.2, -0.15) is 0 Å². The second-order valence-corrected chi connectivity index (χ2v) is 17.3. The highest BCUT2D eigenvalue weighted by Gasteiger charge is 2.57. The molecule has 10 rings (SSSR count). The highest BCUT2D eigenvalue weighted by Crippen LogP contribution is 2.53. The number of pyridine rings is 1. The molecule has 0 bridgehead atoms. The van der Waals surface area contributed by atoms with Crippen LogP contribution < -0.4 is 15.5 Å². The topological polar surface area (TPSA) is 98.6 Å². The summed E-state index contributed by atoms with van der Waals surface area (Å²) in [6, 6.07) is 10.3. The number of nitrogens with one attached hydrogen (secondary N) is 2. The monoisotopic (exact) mass is 676 g/mol. The van der Waals surface area contributed by atoms with Crippen LogP contribution in [0.4, 0.5) is 11.5 Å². The van der Waals surface area contributed by atoms with Crippen LogP contribution in [0, 0.1) is 11.3 Å². The van der Waals surface area contributed by atoms with Gasteiger partial charge in [0.15, 0.2) is 5.82 Å². The van der Waals surface area contributed by atoms with Gasteiger partial charge in [-0.3, -0.25) is 9.59 Å². The Morgan fingerprint density at radius 1 is 0.980 bits per heavy atom. The number of piperidine rings is 2. The van der Waals surface area contributed by atoms with Crippen LogP contribution in [-0.4, -0.2) is 93.5 Å². The fraction of sp³-hybridized carbons (Fsp3) is 0.650. The van der Waals surface area contributed by atoms with Crippen LogP contribution in [0.2, 0.25) is 0 Å². The zero-order valence-electron chi connectivity index (χ0n) is 29.8. The van der Waals surface area contributed by atoms with Crippen molar-refractivity contribution in [2.75, 3.05) is 49.5 Å². The first-order valence-electron chi connectivity index (χ1n) is 19.7. The molecule has 2 amide bonds. The van der Waals surface area contributed by atoms with Crippen molar-refractivity contribution in [2.45, 2.75) is 114 Å². The van der Waals surface area contributed by atoms with Crippen molar-refractivity contribution in [3.63, 3.8) is 0 Å². The highest BCUT2D eigenvalue weighted by atomic mass is 16.2. The number of likely N-dealkylation sites (tertiary alicyclic amines) is 2. The number of hydrogen-bond donors (Lipinski definition) is 2. The Morgan fingerprint density at radius 2 is 1.74 bits per heavy atom. The number of carbonyl (C=O) groups is 2. The summed E-state index contributed by atoms with van der Waals surface area (Å²) < 4.78 is 2.21. The zero-order chi connectivity index (χ0) is 33.8. The van der Waals surface area contributed by atoms with Gasteiger partial charge < -0.3 is 29.9 Å². The predicted molar refractivity (Wildman–Crippen MR) is 195 cm³/mol. The smallest absolute Gasteiger partial charge is 0.238 e. The van der Waals surface area contributed by atoms with E-state index in [1.807, 2.05) is 6.33 Å². The SMILES string of the molecule is CC(C)n1cnc2cc(-c3ccc4c(c3)N([C@H]3C[C@@H](N5CCCCC5)C3)C(=O)C43CCN(C(=O)C4CC5(CNC5)C4)CC3)nc(NC3CC3)c21. The Kier molecular flexibility index (Phi) is 7.19. The molecular weight excluding hydrogens is 624 g/mol. The molecule has 264 valence electrons. The third kappa shape index (κ3) is 4.87. The minimum absolute atomic E-state index is 0.162. The molecule has 6 heterocycles. The maximum atomic E-state index is 14.9. The predicted octanol–water partition coefficient (Wildman–Crippen LogP) is 5.48. The lowest BCUT2D eigenvalue weighted by molar-refractivity contribution is -0.148. The van der Waals surface area contributed by atoms with E-state index in [9.17, 15) is 9.59 Å². The first-order chi connectivity index (χ1) is 24.3. The van der Waals surface area contributed by atoms with Crippen LogP contribution >= 0.6 is 0 Å². The van der Waals surface area contributed by atoms with Crippen molar-refractivity contribution in [3.8, 4) is 11.3 Å². The summed E-state index contributed by atoms with van der Waals surface area (Å²) in [5.41, 5.74) is 5.98. The third-order valence-electron chi connectivity index (χ3n) is 13.7. The number of imidazole rings is 1. The molecular formula is C40H52N8O2. The standard InChI is InChI=1S/C40H52N8O2/c1-25(2)47-24-42-33-19-32(44-36(35(33)47)43-28-7-8-28)26-6-9-31-34(16-26)48(30-17-29(18-30)45-12-4-3-5-13-45)38(50)40(31)10-14-46(15-11-40)37(49)27-20-39(21-27)22-41-23-39/h6,9,16,19,24-25,27-30,41H,3-5,7-8,10-15,17-18,20-23H2,1-2H3,(H,43,44)/t29-,30+. The number of aromatic nitrogens is 3. The first kappa shape index (κ1) is 31.3. The van der Waals surface area contributed by atoms with Crippen LogP contribution in [0.1, 0.15) is 96.1 Å². The summed E-state index contributed by atoms with van der Waals surface area (Å²) in [7, 11) is 0. The second kappa shape index (κ2) is 11.5. The molecule has 0 radical (unpaired) electrons. The number of carbonyl (C=O) groups excluding carboxylic acids is 2. The van der Waals surface area contributed by atoms with E-state index < -0.39 is 5.41 Å². The Bertz CT molecular complexity index is 1830. The van der Waals surface area contributed by atoms with Gasteiger partial charge in [0.2, 0.25) is 11.8 Å². The molecule has 50 heavy (non-hydrogen) atoms. The summed E-state index contributed by atoms with van der Waals surface area (Å²) in [5.74, 6) is 1.64. The molecule has 4 aliphatic heterocycles. The van der Waals surface area contributed by atoms with Gasteiger partial charge in [-0.1, -0.05) is 18.6 Å². The maximum absolute atomic E-state index is 14.9. The van der Waals surface area contributed by atoms with Crippen LogP contribution in [-0.2, 0) is 15.0 Å². The number of amides is 2. The Morgan fingerprint density at radius 3 is 2.42 bits per heavy atom. The third-order valence-corrected chi connectivity index (χ3v) is 13.7. The van der Waals surface area contributed by atoms with Crippen LogP contribution in [0.25, 0.3) is 22.3 Å². The minimum atomic E-state index is -0.564. The van der Waals surface area contributed by atoms with E-state index in [2.05, 4.69) is 68.0 Å². The molecule has 2 spiro atoms. The lowest BCUT2D eigenvalue weighted by atomic mass is 9.58. The number of fused-ring (bicyclic) bond motifs is 3. The number of nitrogens with zero attached hydrogens (tertiary/aromatic N) is 6. The average molecular weight is 677 g/mol. The molecule has 6 fully saturated rings. The number of rotatable bonds is 7. The normalized spacial score (nSPS) is 27.5. The van der Waals surface area contributed by atoms with Gasteiger partial charge >= 0.3 is 0 Å². The van der Waals surface area contributed by atoms with Crippen molar-refractivity contribution in [1.29, 1.82) is 0 Å². The molecule has 10 nitrogen and oxygen atoms in total. The van der Waals surface area contributed by atoms with E-state index >= 15 is 0 Å². The van der Waals surface area contributed by atoms with E-state index in [1.54, 1.807) is 0 Å². The summed E-state index contributed by atoms with van der Waals surface area (Å²) in [4.78, 5) is 45.5. The van der Waals surface area contributed by atoms with Gasteiger partial charge in [-0.15, -0.1) is 0 Å². The van der Waals surface area contributed by atoms with E-state index in [0.29, 0.717) is 49.3 Å². The number of benzene rings is 1. The Hall–Kier alpha value is -3.50. The van der Waals surface area contributed by atoms with E-state index in [4.69, 9.17) is 9.97 Å². The van der Waals surface area contributed by atoms with Gasteiger partial charge in [0.1, 0.15) is 5.52 Å². The van der Waals surface area contributed by atoms with Crippen molar-refractivity contribution < 1.29 is 9.59 Å². The van der Waals surface area contributed by atoms with Crippen LogP contribution in [0.3, 0.4) is 0 Å². The molecule has 0 atom stereocenters. The molecule has 3 saturated heterocycles. The molecule has 2 aromatic heterocycles. The van der Waals surface area contributed by atoms with Crippen LogP contribution in [0.15, 0.2) is 30.6 Å². The summed E-state index contributed by atoms with van der Waals surface area (Å²) in [6.45, 7) is 10.2. The van der Waals surface area contributed by atoms with E-state index in [0.717, 1.165) is 78.1 Å². The molecule has 3 aromatic rings. The van der Waals surface area contributed by atoms with Crippen molar-refractivity contribution >= 4 is 34.4 Å². The Labute approximate surface area is 295 Å². The largest absolute Gasteiger partial charge is 0.366 e. The second-order valence-electron chi connectivity index (χ2n) is 17.3. The quantitative estimate of drug-likeness (QED) is 0.342. The van der Waals surface area contributed by atoms with Crippen molar-refractivity contribution in [2.24, 2.45) is 11.3 Å². The van der Waals surface area contributed by atoms with Gasteiger partial charge in [0.05, 0.1) is 23.0 Å². The summed E-state index contributed by atoms with van der Waals surface area (Å²) in [5, 5.41) is 7.09. The summed E-state index contributed by atoms with van der Waals surface area (Å²) >= 11 is 0. The van der Waals surface area contributed by atoms with E-state index in [1.165, 1.54) is 45.2 Å². The average Bonchev–Trinajstić information content (AvgIpc) is 3.73. The van der Waals surface area contributed by atoms with Gasteiger partial charge in [0.25, 0.3) is 0 Å². The number of hydrogen-bond acceptors (Lipinski definition) is 7. The fourth-order valence-electron chi connectivity index (χ4n) is 10.4. The lowest BCUT2D eigenvalue weighted by Crippen LogP contribution is -2.63. The van der Waals surface area contributed by atoms with Crippen molar-refractivity contribution in [3.05, 3.63) is 36.2 Å². The minimum Gasteiger partial charge on any atom is -0.366 e. The fourth-order valence-corrected chi connectivity index (χ4v) is 10.4. The van der Waals surface area contributed by atoms with Gasteiger partial charge in [0, 0.05) is 67.5 Å². The van der Waals surface area contributed by atoms with E-state index in [-0.39, 0.29) is 23.9 Å². The summed E-state index contributed by atoms with van der Waals surface area (Å²) in [6.07, 6.45) is 13.7. The lowest BCUT2D eigenvalue weighted by Gasteiger charge is -2.54. The van der Waals surface area contributed by atoms with Crippen LogP contribution in [0.5, 0.6) is 0 Å². The number of anilines is 2. The van der Waals surface area contributed by atoms with Gasteiger partial charge in [-0.25, -0.2) is 9.97 Å². The highest BCUT2D eigenvalue weighted by molar-refractivity contribution is 6.09. The molecule has 2 N–H and O–H groups in total. The first-order valence-corrected chi connectivity index (χ1v) is 19.7. The molecule has 0 unspecified atom stereocenters. The van der Waals surface area contributed by atoms with Gasteiger partial charge in [-0.05, 0) is 114 Å². The maximum Gasteiger partial charge on any atom is 0.238 e. The molecule has 3 aliphatic carbocycles. The molecule has 1 aromatic carbocycles. The molecule has 7 aliphatic rings. The zero-order valence-corrected chi connectivity index (χ0v) is 29.8.